The molecule has 0 fully saturated rings. The second kappa shape index (κ2) is 7.16. The average Bonchev–Trinajstić information content (AvgIpc) is 3.04. The highest BCUT2D eigenvalue weighted by molar-refractivity contribution is 7.13. The van der Waals surface area contributed by atoms with Crippen molar-refractivity contribution in [3.63, 3.8) is 0 Å². The molecule has 24 heavy (non-hydrogen) atoms. The Kier molecular flexibility index (Phi) is 4.97. The van der Waals surface area contributed by atoms with Crippen LogP contribution < -0.4 is 5.73 Å². The number of rotatable bonds is 4. The number of benzene rings is 2. The van der Waals surface area contributed by atoms with E-state index in [2.05, 4.69) is 42.4 Å². The molecule has 0 saturated carbocycles. The van der Waals surface area contributed by atoms with Gasteiger partial charge in [-0.2, -0.15) is 0 Å². The third kappa shape index (κ3) is 3.66. The Morgan fingerprint density at radius 3 is 2.79 bits per heavy atom. The number of amidine groups is 1. The molecule has 2 aromatic carbocycles. The van der Waals surface area contributed by atoms with Gasteiger partial charge in [0.2, 0.25) is 0 Å². The van der Waals surface area contributed by atoms with Crippen molar-refractivity contribution in [2.24, 2.45) is 10.7 Å². The van der Waals surface area contributed by atoms with Gasteiger partial charge in [-0.25, -0.2) is 9.98 Å². The molecule has 122 valence electrons. The Hall–Kier alpha value is -2.17. The zero-order valence-corrected chi connectivity index (χ0v) is 15.2. The maximum atomic E-state index is 5.71. The summed E-state index contributed by atoms with van der Waals surface area (Å²) in [5.74, 6) is 0.627. The molecule has 0 bridgehead atoms. The lowest BCUT2D eigenvalue weighted by Crippen LogP contribution is -2.12. The summed E-state index contributed by atoms with van der Waals surface area (Å²) in [6, 6.07) is 14.3. The minimum atomic E-state index is 0.221. The van der Waals surface area contributed by atoms with Crippen LogP contribution in [0.1, 0.15) is 11.1 Å². The van der Waals surface area contributed by atoms with Gasteiger partial charge < -0.3 is 5.73 Å². The van der Waals surface area contributed by atoms with Crippen molar-refractivity contribution in [2.75, 3.05) is 5.88 Å². The van der Waals surface area contributed by atoms with Crippen LogP contribution in [-0.2, 0) is 0 Å². The zero-order valence-electron chi connectivity index (χ0n) is 13.6. The van der Waals surface area contributed by atoms with Crippen LogP contribution in [0.4, 0.5) is 5.69 Å². The first-order chi connectivity index (χ1) is 11.6. The lowest BCUT2D eigenvalue weighted by atomic mass is 10.0. The van der Waals surface area contributed by atoms with E-state index in [9.17, 15) is 0 Å². The van der Waals surface area contributed by atoms with Crippen LogP contribution in [0, 0.1) is 13.8 Å². The molecule has 3 nitrogen and oxygen atoms in total. The quantitative estimate of drug-likeness (QED) is 0.391. The summed E-state index contributed by atoms with van der Waals surface area (Å²) in [4.78, 5) is 9.09. The van der Waals surface area contributed by atoms with E-state index < -0.39 is 0 Å². The first kappa shape index (κ1) is 16.7. The normalized spacial score (nSPS) is 11.7. The highest BCUT2D eigenvalue weighted by Gasteiger charge is 2.09. The number of halogens is 1. The molecule has 0 aliphatic carbocycles. The molecule has 0 saturated heterocycles. The summed E-state index contributed by atoms with van der Waals surface area (Å²) >= 11 is 7.32. The molecule has 0 aliphatic rings. The molecule has 0 atom stereocenters. The third-order valence-corrected chi connectivity index (χ3v) is 4.83. The van der Waals surface area contributed by atoms with Gasteiger partial charge in [-0.3, -0.25) is 0 Å². The van der Waals surface area contributed by atoms with Crippen LogP contribution in [0.25, 0.3) is 21.8 Å². The zero-order chi connectivity index (χ0) is 17.1. The van der Waals surface area contributed by atoms with Crippen LogP contribution in [0.15, 0.2) is 52.8 Å². The number of alkyl halides is 1. The summed E-state index contributed by atoms with van der Waals surface area (Å²) < 4.78 is 0. The number of nitrogens with two attached hydrogens (primary N) is 1. The number of aryl methyl sites for hydroxylation is 2. The van der Waals surface area contributed by atoms with E-state index >= 15 is 0 Å². The minimum Gasteiger partial charge on any atom is -0.386 e. The predicted octanol–water partition coefficient (Wildman–Crippen LogP) is 5.32. The lowest BCUT2D eigenvalue weighted by molar-refractivity contribution is 1.34. The average molecular weight is 356 g/mol. The first-order valence-corrected chi connectivity index (χ1v) is 9.01. The summed E-state index contributed by atoms with van der Waals surface area (Å²) in [5, 5.41) is 3.06. The smallest absolute Gasteiger partial charge is 0.124 e. The molecule has 1 aromatic heterocycles. The SMILES string of the molecule is Cc1ccc(-c2csc(-c3cccc(N=C(N)CCl)c3)n2)c(C)c1. The molecule has 0 radical (unpaired) electrons. The van der Waals surface area contributed by atoms with E-state index in [0.29, 0.717) is 5.84 Å². The van der Waals surface area contributed by atoms with Crippen LogP contribution >= 0.6 is 22.9 Å². The molecular weight excluding hydrogens is 338 g/mol. The van der Waals surface area contributed by atoms with Gasteiger partial charge in [0.05, 0.1) is 17.3 Å². The van der Waals surface area contributed by atoms with E-state index in [-0.39, 0.29) is 5.88 Å². The highest BCUT2D eigenvalue weighted by atomic mass is 35.5. The van der Waals surface area contributed by atoms with E-state index in [4.69, 9.17) is 22.3 Å². The monoisotopic (exact) mass is 355 g/mol. The molecule has 2 N–H and O–H groups in total. The number of hydrogen-bond donors (Lipinski definition) is 1. The molecular formula is C19H18ClN3S. The Labute approximate surface area is 150 Å². The maximum Gasteiger partial charge on any atom is 0.124 e. The molecule has 1 heterocycles. The highest BCUT2D eigenvalue weighted by Crippen LogP contribution is 2.32. The van der Waals surface area contributed by atoms with Crippen molar-refractivity contribution < 1.29 is 0 Å². The van der Waals surface area contributed by atoms with Crippen molar-refractivity contribution >= 4 is 34.5 Å². The van der Waals surface area contributed by atoms with Gasteiger partial charge in [-0.1, -0.05) is 35.9 Å². The van der Waals surface area contributed by atoms with Gasteiger partial charge >= 0.3 is 0 Å². The van der Waals surface area contributed by atoms with E-state index in [1.165, 1.54) is 16.7 Å². The molecule has 3 aromatic rings. The Morgan fingerprint density at radius 1 is 1.21 bits per heavy atom. The third-order valence-electron chi connectivity index (χ3n) is 3.66. The number of hydrogen-bond acceptors (Lipinski definition) is 3. The fourth-order valence-electron chi connectivity index (χ4n) is 2.54. The Morgan fingerprint density at radius 2 is 2.04 bits per heavy atom. The second-order valence-electron chi connectivity index (χ2n) is 5.64. The fourth-order valence-corrected chi connectivity index (χ4v) is 3.41. The van der Waals surface area contributed by atoms with Crippen molar-refractivity contribution in [3.05, 3.63) is 59.0 Å². The standard InChI is InChI=1S/C19H18ClN3S/c1-12-6-7-16(13(2)8-12)17-11-24-19(23-17)14-4-3-5-15(9-14)22-18(21)10-20/h3-9,11H,10H2,1-2H3,(H2,21,22). The van der Waals surface area contributed by atoms with E-state index in [0.717, 1.165) is 22.0 Å². The fraction of sp³-hybridized carbons (Fsp3) is 0.158. The molecule has 0 unspecified atom stereocenters. The van der Waals surface area contributed by atoms with Crippen LogP contribution in [0.3, 0.4) is 0 Å². The van der Waals surface area contributed by atoms with Crippen molar-refractivity contribution in [1.82, 2.24) is 4.98 Å². The summed E-state index contributed by atoms with van der Waals surface area (Å²) in [6.45, 7) is 4.22. The molecule has 3 rings (SSSR count). The van der Waals surface area contributed by atoms with Crippen molar-refractivity contribution in [1.29, 1.82) is 0 Å². The second-order valence-corrected chi connectivity index (χ2v) is 6.77. The minimum absolute atomic E-state index is 0.221. The van der Waals surface area contributed by atoms with E-state index in [1.807, 2.05) is 24.3 Å². The van der Waals surface area contributed by atoms with Crippen LogP contribution in [0.5, 0.6) is 0 Å². The predicted molar refractivity (Wildman–Crippen MR) is 104 cm³/mol. The van der Waals surface area contributed by atoms with Gasteiger partial charge in [-0.15, -0.1) is 22.9 Å². The van der Waals surface area contributed by atoms with Gasteiger partial charge in [0.1, 0.15) is 10.8 Å². The molecule has 0 aliphatic heterocycles. The van der Waals surface area contributed by atoms with Gasteiger partial charge in [0.15, 0.2) is 0 Å². The number of aromatic nitrogens is 1. The molecule has 0 spiro atoms. The number of thiazole rings is 1. The Bertz CT molecular complexity index is 899. The van der Waals surface area contributed by atoms with Crippen LogP contribution in [0.2, 0.25) is 0 Å². The van der Waals surface area contributed by atoms with Crippen molar-refractivity contribution in [3.8, 4) is 21.8 Å². The summed E-state index contributed by atoms with van der Waals surface area (Å²) in [5.41, 5.74) is 12.2. The molecule has 5 heteroatoms. The van der Waals surface area contributed by atoms with Gasteiger partial charge in [-0.05, 0) is 31.5 Å². The van der Waals surface area contributed by atoms with Gasteiger partial charge in [0, 0.05) is 16.5 Å². The topological polar surface area (TPSA) is 51.3 Å². The summed E-state index contributed by atoms with van der Waals surface area (Å²) in [6.07, 6.45) is 0. The maximum absolute atomic E-state index is 5.71. The number of aliphatic imine (C=N–C) groups is 1. The lowest BCUT2D eigenvalue weighted by Gasteiger charge is -2.04. The van der Waals surface area contributed by atoms with Crippen LogP contribution in [-0.4, -0.2) is 16.7 Å². The first-order valence-electron chi connectivity index (χ1n) is 7.59. The van der Waals surface area contributed by atoms with Gasteiger partial charge in [0.25, 0.3) is 0 Å². The number of nitrogens with zero attached hydrogens (tertiary/aromatic N) is 2. The largest absolute Gasteiger partial charge is 0.386 e. The summed E-state index contributed by atoms with van der Waals surface area (Å²) in [7, 11) is 0. The van der Waals surface area contributed by atoms with Crippen molar-refractivity contribution in [2.45, 2.75) is 13.8 Å². The molecule has 0 amide bonds. The Balaban J connectivity index is 1.95. The van der Waals surface area contributed by atoms with E-state index in [1.54, 1.807) is 11.3 Å².